The molecule has 0 amide bonds. The van der Waals surface area contributed by atoms with Gasteiger partial charge in [0.15, 0.2) is 0 Å². The highest BCUT2D eigenvalue weighted by molar-refractivity contribution is 5.85. The Morgan fingerprint density at radius 3 is 2.17 bits per heavy atom. The Balaban J connectivity index is 0.000000720. The quantitative estimate of drug-likeness (QED) is 0.626. The second kappa shape index (κ2) is 3.95. The molecule has 0 spiro atoms. The molecule has 2 nitrogen and oxygen atoms in total. The zero-order valence-corrected chi connectivity index (χ0v) is 8.52. The summed E-state index contributed by atoms with van der Waals surface area (Å²) in [5, 5.41) is 0. The number of fused-ring (bicyclic) bond motifs is 2. The first-order valence-electron chi connectivity index (χ1n) is 4.75. The summed E-state index contributed by atoms with van der Waals surface area (Å²) in [5.74, 6) is 0. The van der Waals surface area contributed by atoms with Gasteiger partial charge in [0, 0.05) is 18.1 Å². The van der Waals surface area contributed by atoms with Gasteiger partial charge in [-0.1, -0.05) is 6.42 Å². The molecule has 0 saturated carbocycles. The molecule has 2 aliphatic rings. The maximum Gasteiger partial charge on any atom is 0.0110 e. The van der Waals surface area contributed by atoms with Crippen LogP contribution in [0.2, 0.25) is 0 Å². The molecule has 2 fully saturated rings. The van der Waals surface area contributed by atoms with Gasteiger partial charge >= 0.3 is 0 Å². The molecule has 2 atom stereocenters. The van der Waals surface area contributed by atoms with Crippen LogP contribution in [0.25, 0.3) is 0 Å². The van der Waals surface area contributed by atoms with Gasteiger partial charge in [0.1, 0.15) is 0 Å². The van der Waals surface area contributed by atoms with Crippen molar-refractivity contribution < 1.29 is 0 Å². The number of piperidine rings is 2. The lowest BCUT2D eigenvalue weighted by Crippen LogP contribution is -2.53. The highest BCUT2D eigenvalue weighted by Gasteiger charge is 2.34. The molecular weight excluding hydrogens is 172 g/mol. The van der Waals surface area contributed by atoms with Crippen LogP contribution in [0.5, 0.6) is 0 Å². The van der Waals surface area contributed by atoms with Gasteiger partial charge in [-0.3, -0.25) is 0 Å². The number of nitrogens with two attached hydrogens (primary N) is 1. The molecule has 0 aliphatic carbocycles. The van der Waals surface area contributed by atoms with Crippen molar-refractivity contribution in [2.45, 2.75) is 50.2 Å². The molecule has 2 unspecified atom stereocenters. The molecule has 2 saturated heterocycles. The van der Waals surface area contributed by atoms with Crippen molar-refractivity contribution >= 4 is 12.4 Å². The average Bonchev–Trinajstić information content (AvgIpc) is 1.92. The van der Waals surface area contributed by atoms with Crippen LogP contribution >= 0.6 is 12.4 Å². The van der Waals surface area contributed by atoms with Crippen LogP contribution in [0.4, 0.5) is 0 Å². The standard InChI is InChI=1S/C9H18N2.ClH/c1-11-8-3-2-4-9(11)6-7(10)5-8;/h7-9H,2-6,10H2,1H3;1H. The molecule has 0 aromatic heterocycles. The van der Waals surface area contributed by atoms with Crippen LogP contribution < -0.4 is 5.73 Å². The number of hydrogen-bond donors (Lipinski definition) is 1. The molecule has 2 bridgehead atoms. The highest BCUT2D eigenvalue weighted by atomic mass is 35.5. The van der Waals surface area contributed by atoms with E-state index in [1.807, 2.05) is 0 Å². The Morgan fingerprint density at radius 1 is 1.17 bits per heavy atom. The van der Waals surface area contributed by atoms with E-state index in [1.54, 1.807) is 0 Å². The summed E-state index contributed by atoms with van der Waals surface area (Å²) < 4.78 is 0. The van der Waals surface area contributed by atoms with Crippen molar-refractivity contribution in [1.82, 2.24) is 4.90 Å². The normalized spacial score (nSPS) is 42.0. The number of rotatable bonds is 0. The summed E-state index contributed by atoms with van der Waals surface area (Å²) in [5.41, 5.74) is 5.96. The highest BCUT2D eigenvalue weighted by Crippen LogP contribution is 2.31. The topological polar surface area (TPSA) is 29.3 Å². The average molecular weight is 191 g/mol. The molecule has 3 heteroatoms. The first-order valence-corrected chi connectivity index (χ1v) is 4.75. The third kappa shape index (κ3) is 1.76. The minimum Gasteiger partial charge on any atom is -0.328 e. The fourth-order valence-electron chi connectivity index (χ4n) is 2.66. The lowest BCUT2D eigenvalue weighted by atomic mass is 9.83. The van der Waals surface area contributed by atoms with Crippen molar-refractivity contribution in [2.24, 2.45) is 5.73 Å². The summed E-state index contributed by atoms with van der Waals surface area (Å²) in [7, 11) is 2.26. The first-order chi connectivity index (χ1) is 5.27. The van der Waals surface area contributed by atoms with E-state index in [0.717, 1.165) is 12.1 Å². The van der Waals surface area contributed by atoms with Gasteiger partial charge in [-0.25, -0.2) is 0 Å². The Labute approximate surface area is 80.9 Å². The van der Waals surface area contributed by atoms with Gasteiger partial charge < -0.3 is 10.6 Å². The number of nitrogens with zero attached hydrogens (tertiary/aromatic N) is 1. The zero-order chi connectivity index (χ0) is 7.84. The Morgan fingerprint density at radius 2 is 1.67 bits per heavy atom. The Bertz CT molecular complexity index is 137. The van der Waals surface area contributed by atoms with Crippen molar-refractivity contribution in [3.63, 3.8) is 0 Å². The molecule has 2 N–H and O–H groups in total. The van der Waals surface area contributed by atoms with Gasteiger partial charge in [-0.2, -0.15) is 0 Å². The second-order valence-corrected chi connectivity index (χ2v) is 4.14. The molecule has 0 aromatic carbocycles. The van der Waals surface area contributed by atoms with E-state index in [9.17, 15) is 0 Å². The van der Waals surface area contributed by atoms with Gasteiger partial charge in [0.05, 0.1) is 0 Å². The monoisotopic (exact) mass is 190 g/mol. The van der Waals surface area contributed by atoms with Gasteiger partial charge in [-0.05, 0) is 32.7 Å². The van der Waals surface area contributed by atoms with E-state index in [4.69, 9.17) is 5.73 Å². The fraction of sp³-hybridized carbons (Fsp3) is 1.00. The SMILES string of the molecule is CN1C2CCCC1CC(N)C2.Cl. The first kappa shape index (κ1) is 10.3. The summed E-state index contributed by atoms with van der Waals surface area (Å²) in [6, 6.07) is 2.09. The largest absolute Gasteiger partial charge is 0.328 e. The summed E-state index contributed by atoms with van der Waals surface area (Å²) in [4.78, 5) is 2.55. The van der Waals surface area contributed by atoms with Crippen molar-refractivity contribution in [3.05, 3.63) is 0 Å². The van der Waals surface area contributed by atoms with E-state index < -0.39 is 0 Å². The summed E-state index contributed by atoms with van der Waals surface area (Å²) in [6.07, 6.45) is 6.63. The Kier molecular flexibility index (Phi) is 3.38. The van der Waals surface area contributed by atoms with Crippen LogP contribution in [-0.4, -0.2) is 30.1 Å². The number of halogens is 1. The molecule has 2 rings (SSSR count). The van der Waals surface area contributed by atoms with Crippen LogP contribution in [0.1, 0.15) is 32.1 Å². The van der Waals surface area contributed by atoms with Crippen molar-refractivity contribution in [2.75, 3.05) is 7.05 Å². The van der Waals surface area contributed by atoms with E-state index in [1.165, 1.54) is 32.1 Å². The molecule has 72 valence electrons. The van der Waals surface area contributed by atoms with Crippen molar-refractivity contribution in [3.8, 4) is 0 Å². The van der Waals surface area contributed by atoms with Gasteiger partial charge in [-0.15, -0.1) is 12.4 Å². The van der Waals surface area contributed by atoms with Crippen LogP contribution in [0.15, 0.2) is 0 Å². The minimum absolute atomic E-state index is 0. The van der Waals surface area contributed by atoms with Crippen LogP contribution in [0, 0.1) is 0 Å². The second-order valence-electron chi connectivity index (χ2n) is 4.14. The zero-order valence-electron chi connectivity index (χ0n) is 7.70. The molecule has 12 heavy (non-hydrogen) atoms. The van der Waals surface area contributed by atoms with Crippen molar-refractivity contribution in [1.29, 1.82) is 0 Å². The van der Waals surface area contributed by atoms with E-state index in [0.29, 0.717) is 6.04 Å². The smallest absolute Gasteiger partial charge is 0.0110 e. The van der Waals surface area contributed by atoms with E-state index in [2.05, 4.69) is 11.9 Å². The Hall–Kier alpha value is 0.210. The predicted molar refractivity (Wildman–Crippen MR) is 53.6 cm³/mol. The molecule has 2 aliphatic heterocycles. The number of hydrogen-bond acceptors (Lipinski definition) is 2. The third-order valence-corrected chi connectivity index (χ3v) is 3.38. The fourth-order valence-corrected chi connectivity index (χ4v) is 2.66. The maximum atomic E-state index is 5.96. The van der Waals surface area contributed by atoms with E-state index >= 15 is 0 Å². The van der Waals surface area contributed by atoms with E-state index in [-0.39, 0.29) is 12.4 Å². The van der Waals surface area contributed by atoms with Gasteiger partial charge in [0.25, 0.3) is 0 Å². The molecule has 0 aromatic rings. The summed E-state index contributed by atoms with van der Waals surface area (Å²) in [6.45, 7) is 0. The maximum absolute atomic E-state index is 5.96. The predicted octanol–water partition coefficient (Wildman–Crippen LogP) is 1.38. The molecule has 2 heterocycles. The lowest BCUT2D eigenvalue weighted by Gasteiger charge is -2.46. The third-order valence-electron chi connectivity index (χ3n) is 3.38. The molecule has 0 radical (unpaired) electrons. The van der Waals surface area contributed by atoms with Crippen LogP contribution in [0.3, 0.4) is 0 Å². The minimum atomic E-state index is 0. The van der Waals surface area contributed by atoms with Crippen LogP contribution in [-0.2, 0) is 0 Å². The molecular formula is C9H19ClN2. The van der Waals surface area contributed by atoms with Gasteiger partial charge in [0.2, 0.25) is 0 Å². The lowest BCUT2D eigenvalue weighted by molar-refractivity contribution is 0.0570. The summed E-state index contributed by atoms with van der Waals surface area (Å²) >= 11 is 0.